The van der Waals surface area contributed by atoms with Gasteiger partial charge in [0.25, 0.3) is 0 Å². The third kappa shape index (κ3) is 4.49. The van der Waals surface area contributed by atoms with E-state index in [4.69, 9.17) is 11.6 Å². The fourth-order valence-corrected chi connectivity index (χ4v) is 3.00. The predicted octanol–water partition coefficient (Wildman–Crippen LogP) is 5.33. The van der Waals surface area contributed by atoms with Crippen LogP contribution in [-0.2, 0) is 4.79 Å². The smallest absolute Gasteiger partial charge is 0.234 e. The van der Waals surface area contributed by atoms with E-state index in [2.05, 4.69) is 19.2 Å². The van der Waals surface area contributed by atoms with Crippen LogP contribution in [0.4, 0.5) is 10.1 Å². The monoisotopic (exact) mass is 337 g/mol. The van der Waals surface area contributed by atoms with E-state index < -0.39 is 5.82 Å². The summed E-state index contributed by atoms with van der Waals surface area (Å²) in [7, 11) is 0. The van der Waals surface area contributed by atoms with Crippen molar-refractivity contribution in [1.29, 1.82) is 0 Å². The van der Waals surface area contributed by atoms with Gasteiger partial charge in [-0.2, -0.15) is 0 Å². The number of carbonyl (C=O) groups excluding carboxylic acids is 1. The van der Waals surface area contributed by atoms with Crippen LogP contribution < -0.4 is 5.32 Å². The Balaban J connectivity index is 1.97. The number of nitrogens with one attached hydrogen (secondary N) is 1. The molecular formula is C17H17ClFNOS. The Labute approximate surface area is 139 Å². The van der Waals surface area contributed by atoms with Gasteiger partial charge in [-0.3, -0.25) is 4.79 Å². The second-order valence-corrected chi connectivity index (χ2v) is 6.61. The van der Waals surface area contributed by atoms with E-state index in [1.54, 1.807) is 6.07 Å². The fraction of sp³-hybridized carbons (Fsp3) is 0.235. The summed E-state index contributed by atoms with van der Waals surface area (Å²) in [4.78, 5) is 12.8. The van der Waals surface area contributed by atoms with Gasteiger partial charge in [0.2, 0.25) is 5.91 Å². The summed E-state index contributed by atoms with van der Waals surface area (Å²) in [6.45, 7) is 4.17. The molecule has 116 valence electrons. The van der Waals surface area contributed by atoms with Crippen molar-refractivity contribution < 1.29 is 9.18 Å². The molecule has 1 N–H and O–H groups in total. The molecule has 2 rings (SSSR count). The molecule has 1 amide bonds. The lowest BCUT2D eigenvalue weighted by Crippen LogP contribution is -2.15. The lowest BCUT2D eigenvalue weighted by atomic mass is 10.0. The minimum atomic E-state index is -0.457. The van der Waals surface area contributed by atoms with Gasteiger partial charge in [0.15, 0.2) is 0 Å². The van der Waals surface area contributed by atoms with Gasteiger partial charge in [-0.1, -0.05) is 43.6 Å². The minimum absolute atomic E-state index is 0.0653. The molecule has 0 spiro atoms. The highest BCUT2D eigenvalue weighted by Crippen LogP contribution is 2.26. The third-order valence-corrected chi connectivity index (χ3v) is 4.40. The Hall–Kier alpha value is -1.52. The highest BCUT2D eigenvalue weighted by Gasteiger charge is 2.10. The van der Waals surface area contributed by atoms with E-state index in [0.717, 1.165) is 16.1 Å². The van der Waals surface area contributed by atoms with Gasteiger partial charge < -0.3 is 5.32 Å². The minimum Gasteiger partial charge on any atom is -0.325 e. The summed E-state index contributed by atoms with van der Waals surface area (Å²) >= 11 is 7.05. The highest BCUT2D eigenvalue weighted by atomic mass is 35.5. The SMILES string of the molecule is CC(C)c1ccccc1NC(=O)CSc1ccc(F)c(Cl)c1. The van der Waals surface area contributed by atoms with Crippen molar-refractivity contribution in [2.75, 3.05) is 11.1 Å². The quantitative estimate of drug-likeness (QED) is 0.747. The highest BCUT2D eigenvalue weighted by molar-refractivity contribution is 8.00. The molecule has 22 heavy (non-hydrogen) atoms. The standard InChI is InChI=1S/C17H17ClFNOS/c1-11(2)13-5-3-4-6-16(13)20-17(21)10-22-12-7-8-15(19)14(18)9-12/h3-9,11H,10H2,1-2H3,(H,20,21). The lowest BCUT2D eigenvalue weighted by molar-refractivity contribution is -0.113. The molecule has 0 saturated heterocycles. The van der Waals surface area contributed by atoms with Crippen molar-refractivity contribution >= 4 is 35.0 Å². The summed E-state index contributed by atoms with van der Waals surface area (Å²) in [5.74, 6) is 0.0222. The number of halogens is 2. The first-order valence-corrected chi connectivity index (χ1v) is 8.30. The molecule has 0 bridgehead atoms. The van der Waals surface area contributed by atoms with Gasteiger partial charge in [0, 0.05) is 10.6 Å². The Morgan fingerprint density at radius 2 is 2.00 bits per heavy atom. The number of thioether (sulfide) groups is 1. The molecule has 0 unspecified atom stereocenters. The topological polar surface area (TPSA) is 29.1 Å². The summed E-state index contributed by atoms with van der Waals surface area (Å²) in [6.07, 6.45) is 0. The van der Waals surface area contributed by atoms with Gasteiger partial charge >= 0.3 is 0 Å². The molecule has 0 fully saturated rings. The molecule has 0 heterocycles. The molecule has 5 heteroatoms. The Morgan fingerprint density at radius 1 is 1.27 bits per heavy atom. The van der Waals surface area contributed by atoms with Crippen LogP contribution in [0, 0.1) is 5.82 Å². The maximum Gasteiger partial charge on any atom is 0.234 e. The zero-order valence-corrected chi connectivity index (χ0v) is 14.0. The summed E-state index contributed by atoms with van der Waals surface area (Å²) < 4.78 is 13.1. The molecule has 0 aliphatic carbocycles. The molecular weight excluding hydrogens is 321 g/mol. The first-order valence-electron chi connectivity index (χ1n) is 6.94. The zero-order chi connectivity index (χ0) is 16.1. The number of para-hydroxylation sites is 1. The molecule has 0 atom stereocenters. The van der Waals surface area contributed by atoms with Crippen molar-refractivity contribution in [1.82, 2.24) is 0 Å². The van der Waals surface area contributed by atoms with E-state index in [0.29, 0.717) is 5.92 Å². The Kier molecular flexibility index (Phi) is 5.86. The van der Waals surface area contributed by atoms with Gasteiger partial charge in [-0.25, -0.2) is 4.39 Å². The first kappa shape index (κ1) is 16.8. The molecule has 2 aromatic rings. The second kappa shape index (κ2) is 7.65. The molecule has 0 aliphatic heterocycles. The average Bonchev–Trinajstić information content (AvgIpc) is 2.49. The fourth-order valence-electron chi connectivity index (χ4n) is 2.02. The maximum atomic E-state index is 13.1. The van der Waals surface area contributed by atoms with E-state index in [1.807, 2.05) is 24.3 Å². The van der Waals surface area contributed by atoms with Gasteiger partial charge in [-0.05, 0) is 35.7 Å². The van der Waals surface area contributed by atoms with E-state index in [1.165, 1.54) is 23.9 Å². The van der Waals surface area contributed by atoms with E-state index >= 15 is 0 Å². The number of rotatable bonds is 5. The van der Waals surface area contributed by atoms with Crippen molar-refractivity contribution in [3.8, 4) is 0 Å². The molecule has 0 saturated carbocycles. The maximum absolute atomic E-state index is 13.1. The Morgan fingerprint density at radius 3 is 2.68 bits per heavy atom. The van der Waals surface area contributed by atoms with Crippen LogP contribution in [0.2, 0.25) is 5.02 Å². The molecule has 2 aromatic carbocycles. The van der Waals surface area contributed by atoms with Crippen LogP contribution in [0.25, 0.3) is 0 Å². The lowest BCUT2D eigenvalue weighted by Gasteiger charge is -2.13. The van der Waals surface area contributed by atoms with Gasteiger partial charge in [-0.15, -0.1) is 11.8 Å². The van der Waals surface area contributed by atoms with Crippen LogP contribution in [0.15, 0.2) is 47.4 Å². The first-order chi connectivity index (χ1) is 10.5. The van der Waals surface area contributed by atoms with E-state index in [9.17, 15) is 9.18 Å². The van der Waals surface area contributed by atoms with Crippen LogP contribution in [-0.4, -0.2) is 11.7 Å². The molecule has 0 aliphatic rings. The molecule has 0 radical (unpaired) electrons. The number of hydrogen-bond acceptors (Lipinski definition) is 2. The number of carbonyl (C=O) groups is 1. The summed E-state index contributed by atoms with van der Waals surface area (Å²) in [6, 6.07) is 12.2. The molecule has 2 nitrogen and oxygen atoms in total. The van der Waals surface area contributed by atoms with Crippen molar-refractivity contribution in [2.24, 2.45) is 0 Å². The summed E-state index contributed by atoms with van der Waals surface area (Å²) in [5, 5.41) is 2.99. The van der Waals surface area contributed by atoms with E-state index in [-0.39, 0.29) is 16.7 Å². The average molecular weight is 338 g/mol. The Bertz CT molecular complexity index is 675. The normalized spacial score (nSPS) is 10.8. The number of anilines is 1. The number of hydrogen-bond donors (Lipinski definition) is 1. The largest absolute Gasteiger partial charge is 0.325 e. The van der Waals surface area contributed by atoms with Crippen LogP contribution in [0.1, 0.15) is 25.3 Å². The van der Waals surface area contributed by atoms with Crippen molar-refractivity contribution in [3.63, 3.8) is 0 Å². The van der Waals surface area contributed by atoms with Gasteiger partial charge in [0.05, 0.1) is 10.8 Å². The van der Waals surface area contributed by atoms with Crippen molar-refractivity contribution in [3.05, 3.63) is 58.9 Å². The van der Waals surface area contributed by atoms with Crippen molar-refractivity contribution in [2.45, 2.75) is 24.7 Å². The van der Waals surface area contributed by atoms with Crippen LogP contribution in [0.3, 0.4) is 0 Å². The second-order valence-electron chi connectivity index (χ2n) is 5.15. The molecule has 0 aromatic heterocycles. The third-order valence-electron chi connectivity index (χ3n) is 3.12. The van der Waals surface area contributed by atoms with Crippen LogP contribution >= 0.6 is 23.4 Å². The number of amides is 1. The summed E-state index contributed by atoms with van der Waals surface area (Å²) in [5.41, 5.74) is 1.94. The predicted molar refractivity (Wildman–Crippen MR) is 91.3 cm³/mol. The van der Waals surface area contributed by atoms with Crippen LogP contribution in [0.5, 0.6) is 0 Å². The van der Waals surface area contributed by atoms with Gasteiger partial charge in [0.1, 0.15) is 5.82 Å². The zero-order valence-electron chi connectivity index (χ0n) is 12.4. The number of benzene rings is 2.